The molecule has 0 saturated heterocycles. The lowest BCUT2D eigenvalue weighted by atomic mass is 10.1. The third-order valence-electron chi connectivity index (χ3n) is 5.26. The van der Waals surface area contributed by atoms with E-state index in [-0.39, 0.29) is 5.91 Å². The molecule has 0 N–H and O–H groups in total. The molecule has 3 aromatic carbocycles. The number of carbonyl (C=O) groups excluding carboxylic acids is 1. The van der Waals surface area contributed by atoms with Crippen molar-refractivity contribution in [1.82, 2.24) is 0 Å². The fourth-order valence-corrected chi connectivity index (χ4v) is 4.33. The fourth-order valence-electron chi connectivity index (χ4n) is 3.72. The van der Waals surface area contributed by atoms with Crippen LogP contribution in [0, 0.1) is 0 Å². The van der Waals surface area contributed by atoms with Gasteiger partial charge in [-0.2, -0.15) is 0 Å². The topological polar surface area (TPSA) is 33.5 Å². The molecule has 5 rings (SSSR count). The van der Waals surface area contributed by atoms with E-state index in [9.17, 15) is 4.79 Å². The molecule has 1 aromatic heterocycles. The number of hydrogen-bond acceptors (Lipinski definition) is 2. The summed E-state index contributed by atoms with van der Waals surface area (Å²) >= 11 is 18.9. The molecule has 0 atom stereocenters. The highest BCUT2D eigenvalue weighted by molar-refractivity contribution is 6.36. The average molecular weight is 493 g/mol. The van der Waals surface area contributed by atoms with Crippen LogP contribution >= 0.6 is 34.8 Å². The number of nitrogens with zero attached hydrogens (tertiary/aromatic N) is 1. The average Bonchev–Trinajstić information content (AvgIpc) is 3.41. The standard InChI is InChI=1S/C27H16Cl3NO2/c28-19-10-12-22(29)21(16-19)26-13-11-20(33-26)14-18-15-25(17-6-2-1-3-7-17)31(27(18)32)24-9-5-4-8-23(24)30/h1-16H. The molecule has 0 spiro atoms. The Balaban J connectivity index is 1.57. The maximum atomic E-state index is 13.5. The van der Waals surface area contributed by atoms with E-state index in [1.54, 1.807) is 47.4 Å². The minimum Gasteiger partial charge on any atom is -0.457 e. The lowest BCUT2D eigenvalue weighted by molar-refractivity contribution is -0.113. The minimum atomic E-state index is -0.194. The molecule has 33 heavy (non-hydrogen) atoms. The summed E-state index contributed by atoms with van der Waals surface area (Å²) in [7, 11) is 0. The SMILES string of the molecule is O=C1C(=Cc2ccc(-c3cc(Cl)ccc3Cl)o2)C=C(c2ccccc2)N1c1ccccc1Cl. The molecule has 0 unspecified atom stereocenters. The number of halogens is 3. The first-order valence-corrected chi connectivity index (χ1v) is 11.3. The highest BCUT2D eigenvalue weighted by Gasteiger charge is 2.31. The number of amides is 1. The van der Waals surface area contributed by atoms with Crippen LogP contribution < -0.4 is 4.90 Å². The highest BCUT2D eigenvalue weighted by atomic mass is 35.5. The van der Waals surface area contributed by atoms with Crippen LogP contribution in [0.5, 0.6) is 0 Å². The normalized spacial score (nSPS) is 14.8. The van der Waals surface area contributed by atoms with Crippen LogP contribution in [0.3, 0.4) is 0 Å². The van der Waals surface area contributed by atoms with Gasteiger partial charge in [0.15, 0.2) is 0 Å². The summed E-state index contributed by atoms with van der Waals surface area (Å²) in [4.78, 5) is 15.1. The summed E-state index contributed by atoms with van der Waals surface area (Å²) < 4.78 is 5.98. The fraction of sp³-hybridized carbons (Fsp3) is 0. The number of carbonyl (C=O) groups is 1. The lowest BCUT2D eigenvalue weighted by Gasteiger charge is -2.21. The summed E-state index contributed by atoms with van der Waals surface area (Å²) in [6, 6.07) is 25.8. The molecule has 1 aliphatic heterocycles. The number of anilines is 1. The number of furan rings is 1. The Bertz CT molecular complexity index is 1420. The van der Waals surface area contributed by atoms with Gasteiger partial charge in [0.05, 0.1) is 21.4 Å². The minimum absolute atomic E-state index is 0.194. The maximum absolute atomic E-state index is 13.5. The second-order valence-electron chi connectivity index (χ2n) is 7.41. The van der Waals surface area contributed by atoms with Gasteiger partial charge in [-0.3, -0.25) is 9.69 Å². The Labute approximate surface area is 206 Å². The molecule has 2 heterocycles. The van der Waals surface area contributed by atoms with Gasteiger partial charge in [-0.15, -0.1) is 0 Å². The molecule has 6 heteroatoms. The summed E-state index contributed by atoms with van der Waals surface area (Å²) in [5.74, 6) is 0.893. The van der Waals surface area contributed by atoms with Gasteiger partial charge in [-0.1, -0.05) is 77.3 Å². The first-order valence-electron chi connectivity index (χ1n) is 10.1. The third kappa shape index (κ3) is 4.23. The van der Waals surface area contributed by atoms with Crippen molar-refractivity contribution in [2.45, 2.75) is 0 Å². The van der Waals surface area contributed by atoms with E-state index in [1.807, 2.05) is 54.6 Å². The Morgan fingerprint density at radius 2 is 1.55 bits per heavy atom. The molecule has 0 aliphatic carbocycles. The van der Waals surface area contributed by atoms with E-state index in [0.29, 0.717) is 43.4 Å². The molecule has 1 aliphatic rings. The van der Waals surface area contributed by atoms with Gasteiger partial charge in [0.25, 0.3) is 5.91 Å². The van der Waals surface area contributed by atoms with E-state index in [2.05, 4.69) is 0 Å². The first kappa shape index (κ1) is 21.6. The highest BCUT2D eigenvalue weighted by Crippen LogP contribution is 2.39. The first-order chi connectivity index (χ1) is 16.0. The maximum Gasteiger partial charge on any atom is 0.263 e. The van der Waals surface area contributed by atoms with Gasteiger partial charge in [0.1, 0.15) is 11.5 Å². The zero-order valence-electron chi connectivity index (χ0n) is 17.1. The Morgan fingerprint density at radius 1 is 0.788 bits per heavy atom. The summed E-state index contributed by atoms with van der Waals surface area (Å²) in [5.41, 5.74) is 3.43. The number of rotatable bonds is 4. The molecule has 0 radical (unpaired) electrons. The van der Waals surface area contributed by atoms with Crippen molar-refractivity contribution in [2.75, 3.05) is 4.90 Å². The van der Waals surface area contributed by atoms with Gasteiger partial charge in [-0.05, 0) is 60.2 Å². The second-order valence-corrected chi connectivity index (χ2v) is 8.66. The smallest absolute Gasteiger partial charge is 0.263 e. The summed E-state index contributed by atoms with van der Waals surface area (Å²) in [5, 5.41) is 1.58. The van der Waals surface area contributed by atoms with Crippen LogP contribution in [0.4, 0.5) is 5.69 Å². The van der Waals surface area contributed by atoms with Crippen LogP contribution in [0.15, 0.2) is 101 Å². The number of hydrogen-bond donors (Lipinski definition) is 0. The van der Waals surface area contributed by atoms with Crippen molar-refractivity contribution >= 4 is 58.2 Å². The van der Waals surface area contributed by atoms with E-state index >= 15 is 0 Å². The van der Waals surface area contributed by atoms with Crippen LogP contribution in [0.2, 0.25) is 15.1 Å². The van der Waals surface area contributed by atoms with E-state index in [1.165, 1.54) is 0 Å². The molecular weight excluding hydrogens is 477 g/mol. The van der Waals surface area contributed by atoms with Gasteiger partial charge < -0.3 is 4.42 Å². The van der Waals surface area contributed by atoms with E-state index in [4.69, 9.17) is 39.2 Å². The molecular formula is C27H16Cl3NO2. The van der Waals surface area contributed by atoms with E-state index in [0.717, 1.165) is 11.3 Å². The van der Waals surface area contributed by atoms with Gasteiger partial charge >= 0.3 is 0 Å². The third-order valence-corrected chi connectivity index (χ3v) is 6.15. The number of benzene rings is 3. The van der Waals surface area contributed by atoms with Crippen molar-refractivity contribution in [1.29, 1.82) is 0 Å². The Hall–Kier alpha value is -3.24. The zero-order chi connectivity index (χ0) is 22.9. The van der Waals surface area contributed by atoms with Crippen LogP contribution in [0.1, 0.15) is 11.3 Å². The largest absolute Gasteiger partial charge is 0.457 e. The monoisotopic (exact) mass is 491 g/mol. The van der Waals surface area contributed by atoms with Crippen LogP contribution in [0.25, 0.3) is 23.1 Å². The van der Waals surface area contributed by atoms with Crippen molar-refractivity contribution in [2.24, 2.45) is 0 Å². The Kier molecular flexibility index (Phi) is 5.86. The lowest BCUT2D eigenvalue weighted by Crippen LogP contribution is -2.25. The van der Waals surface area contributed by atoms with E-state index < -0.39 is 0 Å². The molecule has 0 bridgehead atoms. The predicted octanol–water partition coefficient (Wildman–Crippen LogP) is 8.38. The summed E-state index contributed by atoms with van der Waals surface area (Å²) in [6.45, 7) is 0. The van der Waals surface area contributed by atoms with Crippen LogP contribution in [-0.4, -0.2) is 5.91 Å². The molecule has 162 valence electrons. The zero-order valence-corrected chi connectivity index (χ0v) is 19.4. The van der Waals surface area contributed by atoms with Crippen molar-refractivity contribution < 1.29 is 9.21 Å². The second kappa shape index (κ2) is 8.95. The predicted molar refractivity (Wildman–Crippen MR) is 135 cm³/mol. The van der Waals surface area contributed by atoms with Crippen molar-refractivity contribution in [3.63, 3.8) is 0 Å². The van der Waals surface area contributed by atoms with Gasteiger partial charge in [-0.25, -0.2) is 0 Å². The van der Waals surface area contributed by atoms with Gasteiger partial charge in [0, 0.05) is 16.2 Å². The molecule has 1 amide bonds. The van der Waals surface area contributed by atoms with Crippen molar-refractivity contribution in [3.05, 3.63) is 123 Å². The Morgan fingerprint density at radius 3 is 2.33 bits per heavy atom. The van der Waals surface area contributed by atoms with Crippen molar-refractivity contribution in [3.8, 4) is 11.3 Å². The summed E-state index contributed by atoms with van der Waals surface area (Å²) in [6.07, 6.45) is 3.56. The molecule has 0 fully saturated rings. The van der Waals surface area contributed by atoms with Crippen LogP contribution in [-0.2, 0) is 4.79 Å². The molecule has 0 saturated carbocycles. The van der Waals surface area contributed by atoms with Gasteiger partial charge in [0.2, 0.25) is 0 Å². The molecule has 4 aromatic rings. The number of para-hydroxylation sites is 1. The quantitative estimate of drug-likeness (QED) is 0.268. The molecule has 3 nitrogen and oxygen atoms in total.